The first-order valence-electron chi connectivity index (χ1n) is 9.92. The summed E-state index contributed by atoms with van der Waals surface area (Å²) >= 11 is 0. The van der Waals surface area contributed by atoms with Crippen molar-refractivity contribution in [1.82, 2.24) is 19.9 Å². The molecule has 1 aliphatic carbocycles. The van der Waals surface area contributed by atoms with Gasteiger partial charge in [-0.3, -0.25) is 0 Å². The topological polar surface area (TPSA) is 80.8 Å². The summed E-state index contributed by atoms with van der Waals surface area (Å²) in [6.07, 6.45) is 10.9. The van der Waals surface area contributed by atoms with Crippen molar-refractivity contribution in [1.29, 1.82) is 0 Å². The van der Waals surface area contributed by atoms with Crippen LogP contribution >= 0.6 is 0 Å². The van der Waals surface area contributed by atoms with Gasteiger partial charge >= 0.3 is 0 Å². The number of aromatic nitrogens is 4. The SMILES string of the molecule is Nc1ncnc2nc(-c3ccc(N4CCC4)nc3)cc(C3CCCCC3)c12. The molecule has 27 heavy (non-hydrogen) atoms. The van der Waals surface area contributed by atoms with E-state index in [1.54, 1.807) is 0 Å². The van der Waals surface area contributed by atoms with Crippen LogP contribution in [0, 0.1) is 0 Å². The Labute approximate surface area is 158 Å². The molecule has 4 heterocycles. The average molecular weight is 360 g/mol. The Balaban J connectivity index is 1.60. The van der Waals surface area contributed by atoms with E-state index in [0.29, 0.717) is 17.4 Å². The van der Waals surface area contributed by atoms with Crippen LogP contribution < -0.4 is 10.6 Å². The van der Waals surface area contributed by atoms with Crippen LogP contribution in [0.3, 0.4) is 0 Å². The third kappa shape index (κ3) is 2.99. The van der Waals surface area contributed by atoms with Gasteiger partial charge < -0.3 is 10.6 Å². The third-order valence-electron chi connectivity index (χ3n) is 5.93. The van der Waals surface area contributed by atoms with E-state index in [1.165, 1.54) is 50.4 Å². The second-order valence-electron chi connectivity index (χ2n) is 7.63. The summed E-state index contributed by atoms with van der Waals surface area (Å²) in [6.45, 7) is 2.20. The van der Waals surface area contributed by atoms with Crippen LogP contribution in [0.2, 0.25) is 0 Å². The first-order valence-corrected chi connectivity index (χ1v) is 9.92. The molecule has 1 saturated carbocycles. The number of fused-ring (bicyclic) bond motifs is 1. The molecule has 138 valence electrons. The quantitative estimate of drug-likeness (QED) is 0.762. The number of nitrogen functional groups attached to an aromatic ring is 1. The van der Waals surface area contributed by atoms with E-state index in [9.17, 15) is 0 Å². The molecule has 6 heteroatoms. The second-order valence-corrected chi connectivity index (χ2v) is 7.63. The zero-order valence-corrected chi connectivity index (χ0v) is 15.4. The van der Waals surface area contributed by atoms with Crippen LogP contribution in [0.1, 0.15) is 50.0 Å². The molecule has 0 spiro atoms. The molecule has 0 amide bonds. The summed E-state index contributed by atoms with van der Waals surface area (Å²) in [5.74, 6) is 2.08. The molecular weight excluding hydrogens is 336 g/mol. The van der Waals surface area contributed by atoms with E-state index >= 15 is 0 Å². The van der Waals surface area contributed by atoms with Gasteiger partial charge in [0.1, 0.15) is 18.0 Å². The Hall–Kier alpha value is -2.76. The highest BCUT2D eigenvalue weighted by atomic mass is 15.2. The maximum atomic E-state index is 6.22. The van der Waals surface area contributed by atoms with Gasteiger partial charge in [-0.2, -0.15) is 0 Å². The Morgan fingerprint density at radius 2 is 1.81 bits per heavy atom. The maximum Gasteiger partial charge on any atom is 0.165 e. The van der Waals surface area contributed by atoms with E-state index < -0.39 is 0 Å². The molecular formula is C21H24N6. The van der Waals surface area contributed by atoms with E-state index in [4.69, 9.17) is 10.7 Å². The van der Waals surface area contributed by atoms with Crippen molar-refractivity contribution in [3.05, 3.63) is 36.3 Å². The zero-order chi connectivity index (χ0) is 18.2. The second kappa shape index (κ2) is 6.76. The monoisotopic (exact) mass is 360 g/mol. The molecule has 6 nitrogen and oxygen atoms in total. The van der Waals surface area contributed by atoms with Gasteiger partial charge in [0.05, 0.1) is 11.1 Å². The predicted octanol–water partition coefficient (Wildman–Crippen LogP) is 3.93. The fraction of sp³-hybridized carbons (Fsp3) is 0.429. The van der Waals surface area contributed by atoms with Gasteiger partial charge in [-0.25, -0.2) is 19.9 Å². The van der Waals surface area contributed by atoms with Crippen LogP contribution in [-0.2, 0) is 0 Å². The van der Waals surface area contributed by atoms with Gasteiger partial charge in [0.25, 0.3) is 0 Å². The predicted molar refractivity (Wildman–Crippen MR) is 108 cm³/mol. The maximum absolute atomic E-state index is 6.22. The number of nitrogens with zero attached hydrogens (tertiary/aromatic N) is 5. The highest BCUT2D eigenvalue weighted by Gasteiger charge is 2.22. The van der Waals surface area contributed by atoms with Crippen molar-refractivity contribution in [3.8, 4) is 11.3 Å². The highest BCUT2D eigenvalue weighted by Crippen LogP contribution is 2.38. The molecule has 0 unspecified atom stereocenters. The van der Waals surface area contributed by atoms with Crippen molar-refractivity contribution in [2.45, 2.75) is 44.4 Å². The van der Waals surface area contributed by atoms with Gasteiger partial charge in [-0.1, -0.05) is 19.3 Å². The number of hydrogen-bond acceptors (Lipinski definition) is 6. The lowest BCUT2D eigenvalue weighted by atomic mass is 9.82. The smallest absolute Gasteiger partial charge is 0.165 e. The first kappa shape index (κ1) is 16.4. The third-order valence-corrected chi connectivity index (χ3v) is 5.93. The van der Waals surface area contributed by atoms with E-state index in [0.717, 1.165) is 35.6 Å². The average Bonchev–Trinajstić information content (AvgIpc) is 2.67. The number of nitrogens with two attached hydrogens (primary N) is 1. The number of anilines is 2. The largest absolute Gasteiger partial charge is 0.383 e. The molecule has 0 bridgehead atoms. The molecule has 1 saturated heterocycles. The van der Waals surface area contributed by atoms with Crippen molar-refractivity contribution in [3.63, 3.8) is 0 Å². The van der Waals surface area contributed by atoms with Crippen molar-refractivity contribution >= 4 is 22.7 Å². The fourth-order valence-corrected chi connectivity index (χ4v) is 4.27. The Morgan fingerprint density at radius 1 is 0.963 bits per heavy atom. The Bertz CT molecular complexity index is 958. The number of pyridine rings is 2. The van der Waals surface area contributed by atoms with Gasteiger partial charge in [0.2, 0.25) is 0 Å². The van der Waals surface area contributed by atoms with E-state index in [1.807, 2.05) is 6.20 Å². The lowest BCUT2D eigenvalue weighted by molar-refractivity contribution is 0.445. The van der Waals surface area contributed by atoms with Crippen molar-refractivity contribution in [2.24, 2.45) is 0 Å². The van der Waals surface area contributed by atoms with Crippen LogP contribution in [-0.4, -0.2) is 33.0 Å². The minimum Gasteiger partial charge on any atom is -0.383 e. The van der Waals surface area contributed by atoms with Crippen LogP contribution in [0.4, 0.5) is 11.6 Å². The Kier molecular flexibility index (Phi) is 4.11. The van der Waals surface area contributed by atoms with Gasteiger partial charge in [0, 0.05) is 24.8 Å². The molecule has 0 radical (unpaired) electrons. The molecule has 1 aliphatic heterocycles. The van der Waals surface area contributed by atoms with Crippen LogP contribution in [0.25, 0.3) is 22.3 Å². The summed E-state index contributed by atoms with van der Waals surface area (Å²) in [5.41, 5.74) is 10.1. The van der Waals surface area contributed by atoms with Crippen LogP contribution in [0.5, 0.6) is 0 Å². The number of rotatable bonds is 3. The normalized spacial score (nSPS) is 17.9. The molecule has 2 N–H and O–H groups in total. The first-order chi connectivity index (χ1) is 13.3. The van der Waals surface area contributed by atoms with Gasteiger partial charge in [-0.05, 0) is 48.9 Å². The summed E-state index contributed by atoms with van der Waals surface area (Å²) in [4.78, 5) is 20.4. The summed E-state index contributed by atoms with van der Waals surface area (Å²) in [5, 5.41) is 0.929. The molecule has 2 aliphatic rings. The summed E-state index contributed by atoms with van der Waals surface area (Å²) < 4.78 is 0. The van der Waals surface area contributed by atoms with Crippen LogP contribution in [0.15, 0.2) is 30.7 Å². The van der Waals surface area contributed by atoms with Gasteiger partial charge in [-0.15, -0.1) is 0 Å². The van der Waals surface area contributed by atoms with E-state index in [-0.39, 0.29) is 0 Å². The minimum absolute atomic E-state index is 0.504. The minimum atomic E-state index is 0.504. The lowest BCUT2D eigenvalue weighted by Gasteiger charge is -2.31. The lowest BCUT2D eigenvalue weighted by Crippen LogP contribution is -2.37. The Morgan fingerprint density at radius 3 is 2.52 bits per heavy atom. The molecule has 3 aromatic rings. The summed E-state index contributed by atoms with van der Waals surface area (Å²) in [6, 6.07) is 6.40. The van der Waals surface area contributed by atoms with Gasteiger partial charge in [0.15, 0.2) is 5.65 Å². The standard InChI is InChI=1S/C21H24N6/c22-20-19-16(14-5-2-1-3-6-14)11-17(26-21(19)25-13-24-20)15-7-8-18(23-12-15)27-9-4-10-27/h7-8,11-14H,1-6,9-10H2,(H2,22,24,25,26). The van der Waals surface area contributed by atoms with Crippen molar-refractivity contribution < 1.29 is 0 Å². The molecule has 0 aromatic carbocycles. The molecule has 0 atom stereocenters. The summed E-state index contributed by atoms with van der Waals surface area (Å²) in [7, 11) is 0. The molecule has 2 fully saturated rings. The highest BCUT2D eigenvalue weighted by molar-refractivity contribution is 5.90. The zero-order valence-electron chi connectivity index (χ0n) is 15.4. The van der Waals surface area contributed by atoms with E-state index in [2.05, 4.69) is 38.1 Å². The fourth-order valence-electron chi connectivity index (χ4n) is 4.27. The molecule has 3 aromatic heterocycles. The molecule has 5 rings (SSSR count). The van der Waals surface area contributed by atoms with Crippen molar-refractivity contribution in [2.75, 3.05) is 23.7 Å². The number of hydrogen-bond donors (Lipinski definition) is 1.